The fourth-order valence-corrected chi connectivity index (χ4v) is 2.57. The number of carbonyl (C=O) groups is 1. The Morgan fingerprint density at radius 1 is 1.00 bits per heavy atom. The molecular weight excluding hydrogens is 344 g/mol. The summed E-state index contributed by atoms with van der Waals surface area (Å²) in [7, 11) is 0. The average molecular weight is 364 g/mol. The molecule has 1 heterocycles. The molecule has 0 aliphatic heterocycles. The van der Waals surface area contributed by atoms with Crippen LogP contribution in [0, 0.1) is 0 Å². The molecule has 27 heavy (non-hydrogen) atoms. The molecular formula is C21H20N2O4. The smallest absolute Gasteiger partial charge is 0.255 e. The summed E-state index contributed by atoms with van der Waals surface area (Å²) in [4.78, 5) is 24.2. The van der Waals surface area contributed by atoms with Gasteiger partial charge >= 0.3 is 0 Å². The number of hydrogen-bond donors (Lipinski definition) is 2. The van der Waals surface area contributed by atoms with Crippen LogP contribution in [-0.4, -0.2) is 28.2 Å². The van der Waals surface area contributed by atoms with E-state index in [1.54, 1.807) is 54.7 Å². The molecule has 0 aliphatic rings. The van der Waals surface area contributed by atoms with Crippen LogP contribution in [0.4, 0.5) is 0 Å². The predicted molar refractivity (Wildman–Crippen MR) is 102 cm³/mol. The van der Waals surface area contributed by atoms with Gasteiger partial charge in [-0.15, -0.1) is 0 Å². The highest BCUT2D eigenvalue weighted by Gasteiger charge is 2.14. The second kappa shape index (κ2) is 8.82. The maximum Gasteiger partial charge on any atom is 0.255 e. The van der Waals surface area contributed by atoms with E-state index >= 15 is 0 Å². The molecule has 0 bridgehead atoms. The molecule has 2 aromatic carbocycles. The minimum atomic E-state index is -0.892. The minimum Gasteiger partial charge on any atom is -0.457 e. The molecule has 1 unspecified atom stereocenters. The van der Waals surface area contributed by atoms with Gasteiger partial charge < -0.3 is 19.7 Å². The van der Waals surface area contributed by atoms with Gasteiger partial charge in [-0.3, -0.25) is 9.59 Å². The maximum absolute atomic E-state index is 12.5. The van der Waals surface area contributed by atoms with Gasteiger partial charge in [0.1, 0.15) is 11.5 Å². The van der Waals surface area contributed by atoms with Crippen LogP contribution in [0.15, 0.2) is 83.8 Å². The van der Waals surface area contributed by atoms with Gasteiger partial charge in [0.2, 0.25) is 0 Å². The van der Waals surface area contributed by atoms with Crippen LogP contribution in [-0.2, 0) is 6.54 Å². The lowest BCUT2D eigenvalue weighted by Gasteiger charge is -2.15. The lowest BCUT2D eigenvalue weighted by atomic mass is 10.2. The van der Waals surface area contributed by atoms with Gasteiger partial charge in [-0.1, -0.05) is 36.4 Å². The first-order valence-corrected chi connectivity index (χ1v) is 8.57. The molecule has 0 spiro atoms. The molecule has 1 atom stereocenters. The monoisotopic (exact) mass is 364 g/mol. The number of carbonyl (C=O) groups excluding carboxylic acids is 1. The lowest BCUT2D eigenvalue weighted by Crippen LogP contribution is -2.36. The summed E-state index contributed by atoms with van der Waals surface area (Å²) in [5.74, 6) is 0.692. The highest BCUT2D eigenvalue weighted by Crippen LogP contribution is 2.24. The fraction of sp³-hybridized carbons (Fsp3) is 0.143. The second-order valence-corrected chi connectivity index (χ2v) is 5.97. The van der Waals surface area contributed by atoms with E-state index in [1.807, 2.05) is 18.2 Å². The maximum atomic E-state index is 12.5. The van der Waals surface area contributed by atoms with E-state index in [2.05, 4.69) is 5.32 Å². The van der Waals surface area contributed by atoms with Crippen molar-refractivity contribution in [3.63, 3.8) is 0 Å². The SMILES string of the molecule is O=C(NCC(O)Cn1ccccc1=O)c1ccccc1Oc1ccccc1. The number of nitrogens with one attached hydrogen (secondary N) is 1. The molecule has 2 N–H and O–H groups in total. The molecule has 138 valence electrons. The summed E-state index contributed by atoms with van der Waals surface area (Å²) >= 11 is 0. The Labute approximate surface area is 156 Å². The number of amides is 1. The Balaban J connectivity index is 1.63. The van der Waals surface area contributed by atoms with Gasteiger partial charge in [-0.25, -0.2) is 0 Å². The third-order valence-electron chi connectivity index (χ3n) is 3.91. The normalized spacial score (nSPS) is 11.6. The number of para-hydroxylation sites is 2. The van der Waals surface area contributed by atoms with E-state index in [1.165, 1.54) is 10.6 Å². The first-order valence-electron chi connectivity index (χ1n) is 8.57. The zero-order chi connectivity index (χ0) is 19.1. The van der Waals surface area contributed by atoms with E-state index in [9.17, 15) is 14.7 Å². The van der Waals surface area contributed by atoms with Crippen molar-refractivity contribution in [1.29, 1.82) is 0 Å². The largest absolute Gasteiger partial charge is 0.457 e. The third-order valence-corrected chi connectivity index (χ3v) is 3.91. The van der Waals surface area contributed by atoms with Crippen molar-refractivity contribution >= 4 is 5.91 Å². The number of aliphatic hydroxyl groups is 1. The number of nitrogens with zero attached hydrogens (tertiary/aromatic N) is 1. The second-order valence-electron chi connectivity index (χ2n) is 5.97. The first kappa shape index (κ1) is 18.4. The van der Waals surface area contributed by atoms with Crippen molar-refractivity contribution in [3.05, 3.63) is 94.9 Å². The summed E-state index contributed by atoms with van der Waals surface area (Å²) in [6.45, 7) is 0.113. The number of rotatable bonds is 7. The van der Waals surface area contributed by atoms with E-state index in [-0.39, 0.29) is 24.6 Å². The van der Waals surface area contributed by atoms with Crippen LogP contribution in [0.2, 0.25) is 0 Å². The summed E-state index contributed by atoms with van der Waals surface area (Å²) < 4.78 is 7.17. The zero-order valence-electron chi connectivity index (χ0n) is 14.6. The topological polar surface area (TPSA) is 80.6 Å². The standard InChI is InChI=1S/C21H20N2O4/c24-16(15-23-13-7-6-12-20(23)25)14-22-21(26)18-10-4-5-11-19(18)27-17-8-2-1-3-9-17/h1-13,16,24H,14-15H2,(H,22,26). The predicted octanol–water partition coefficient (Wildman–Crippen LogP) is 2.43. The molecule has 6 heteroatoms. The van der Waals surface area contributed by atoms with Gasteiger partial charge in [-0.05, 0) is 30.3 Å². The summed E-state index contributed by atoms with van der Waals surface area (Å²) in [6.07, 6.45) is 0.701. The number of ether oxygens (including phenoxy) is 1. The van der Waals surface area contributed by atoms with Crippen molar-refractivity contribution < 1.29 is 14.6 Å². The summed E-state index contributed by atoms with van der Waals surface area (Å²) in [6, 6.07) is 20.8. The van der Waals surface area contributed by atoms with Crippen molar-refractivity contribution in [1.82, 2.24) is 9.88 Å². The van der Waals surface area contributed by atoms with E-state index in [0.29, 0.717) is 17.1 Å². The van der Waals surface area contributed by atoms with Gasteiger partial charge in [0.05, 0.1) is 18.2 Å². The molecule has 0 aliphatic carbocycles. The van der Waals surface area contributed by atoms with E-state index in [0.717, 1.165) is 0 Å². The highest BCUT2D eigenvalue weighted by molar-refractivity contribution is 5.97. The van der Waals surface area contributed by atoms with Gasteiger partial charge in [0.15, 0.2) is 0 Å². The molecule has 1 aromatic heterocycles. The van der Waals surface area contributed by atoms with Crippen LogP contribution in [0.3, 0.4) is 0 Å². The quantitative estimate of drug-likeness (QED) is 0.675. The lowest BCUT2D eigenvalue weighted by molar-refractivity contribution is 0.0901. The number of pyridine rings is 1. The summed E-state index contributed by atoms with van der Waals surface area (Å²) in [5, 5.41) is 12.8. The van der Waals surface area contributed by atoms with E-state index in [4.69, 9.17) is 4.74 Å². The van der Waals surface area contributed by atoms with Crippen molar-refractivity contribution in [2.75, 3.05) is 6.54 Å². The average Bonchev–Trinajstić information content (AvgIpc) is 2.69. The van der Waals surface area contributed by atoms with Gasteiger partial charge in [-0.2, -0.15) is 0 Å². The molecule has 0 fully saturated rings. The molecule has 3 aromatic rings. The summed E-state index contributed by atoms with van der Waals surface area (Å²) in [5.41, 5.74) is 0.162. The number of benzene rings is 2. The molecule has 3 rings (SSSR count). The highest BCUT2D eigenvalue weighted by atomic mass is 16.5. The molecule has 0 radical (unpaired) electrons. The Kier molecular flexibility index (Phi) is 6.02. The molecule has 0 saturated carbocycles. The molecule has 1 amide bonds. The number of aromatic nitrogens is 1. The Hall–Kier alpha value is -3.38. The Morgan fingerprint density at radius 2 is 1.70 bits per heavy atom. The molecule has 0 saturated heterocycles. The third kappa shape index (κ3) is 5.05. The van der Waals surface area contributed by atoms with Crippen LogP contribution < -0.4 is 15.6 Å². The van der Waals surface area contributed by atoms with Crippen LogP contribution in [0.25, 0.3) is 0 Å². The van der Waals surface area contributed by atoms with Crippen LogP contribution in [0.5, 0.6) is 11.5 Å². The van der Waals surface area contributed by atoms with Gasteiger partial charge in [0, 0.05) is 18.8 Å². The van der Waals surface area contributed by atoms with Crippen molar-refractivity contribution in [3.8, 4) is 11.5 Å². The Morgan fingerprint density at radius 3 is 2.48 bits per heavy atom. The van der Waals surface area contributed by atoms with Crippen molar-refractivity contribution in [2.24, 2.45) is 0 Å². The molecule has 6 nitrogen and oxygen atoms in total. The van der Waals surface area contributed by atoms with Crippen LogP contribution in [0.1, 0.15) is 10.4 Å². The Bertz CT molecular complexity index is 953. The first-order chi connectivity index (χ1) is 13.1. The van der Waals surface area contributed by atoms with Crippen LogP contribution >= 0.6 is 0 Å². The van der Waals surface area contributed by atoms with Crippen molar-refractivity contribution in [2.45, 2.75) is 12.6 Å². The van der Waals surface area contributed by atoms with Gasteiger partial charge in [0.25, 0.3) is 11.5 Å². The number of hydrogen-bond acceptors (Lipinski definition) is 4. The minimum absolute atomic E-state index is 0.0137. The fourth-order valence-electron chi connectivity index (χ4n) is 2.57. The van der Waals surface area contributed by atoms with E-state index < -0.39 is 6.10 Å². The zero-order valence-corrected chi connectivity index (χ0v) is 14.6. The number of aliphatic hydroxyl groups excluding tert-OH is 1.